The average Bonchev–Trinajstić information content (AvgIpc) is 3.09. The molecule has 0 bridgehead atoms. The summed E-state index contributed by atoms with van der Waals surface area (Å²) in [6.07, 6.45) is -3.14. The van der Waals surface area contributed by atoms with Crippen molar-refractivity contribution in [3.05, 3.63) is 29.3 Å². The molecule has 32 heavy (non-hydrogen) atoms. The van der Waals surface area contributed by atoms with E-state index in [-0.39, 0.29) is 5.41 Å². The van der Waals surface area contributed by atoms with Crippen molar-refractivity contribution >= 4 is 11.8 Å². The van der Waals surface area contributed by atoms with Gasteiger partial charge in [-0.1, -0.05) is 13.0 Å². The second-order valence-electron chi connectivity index (χ2n) is 10.0. The number of esters is 1. The second-order valence-corrected chi connectivity index (χ2v) is 10.0. The van der Waals surface area contributed by atoms with Crippen LogP contribution in [0.25, 0.3) is 0 Å². The lowest BCUT2D eigenvalue weighted by Crippen LogP contribution is -2.60. The van der Waals surface area contributed by atoms with Crippen molar-refractivity contribution in [1.29, 1.82) is 0 Å². The molecule has 9 atom stereocenters. The third-order valence-electron chi connectivity index (χ3n) is 8.45. The first-order valence-corrected chi connectivity index (χ1v) is 11.5. The Labute approximate surface area is 186 Å². The molecule has 5 rings (SSSR count). The normalized spacial score (nSPS) is 43.2. The van der Waals surface area contributed by atoms with E-state index in [0.29, 0.717) is 35.7 Å². The van der Waals surface area contributed by atoms with Gasteiger partial charge in [0.2, 0.25) is 0 Å². The Bertz CT molecular complexity index is 931. The van der Waals surface area contributed by atoms with Gasteiger partial charge in [-0.3, -0.25) is 4.79 Å². The van der Waals surface area contributed by atoms with Crippen LogP contribution in [-0.4, -0.2) is 62.9 Å². The van der Waals surface area contributed by atoms with E-state index in [1.54, 1.807) is 6.07 Å². The number of fused-ring (bicyclic) bond motifs is 5. The molecule has 3 fully saturated rings. The fraction of sp³-hybridized carbons (Fsp3) is 0.667. The van der Waals surface area contributed by atoms with Crippen LogP contribution >= 0.6 is 0 Å². The van der Waals surface area contributed by atoms with Gasteiger partial charge in [0.15, 0.2) is 12.4 Å². The molecule has 8 heteroatoms. The predicted octanol–water partition coefficient (Wildman–Crippen LogP) is 0.817. The van der Waals surface area contributed by atoms with E-state index >= 15 is 0 Å². The molecule has 3 aliphatic carbocycles. The molecule has 0 aromatic heterocycles. The topological polar surface area (TPSA) is 134 Å². The summed E-state index contributed by atoms with van der Waals surface area (Å²) in [6, 6.07) is 5.53. The first kappa shape index (κ1) is 22.0. The Morgan fingerprint density at radius 1 is 1.06 bits per heavy atom. The molecule has 2 saturated carbocycles. The lowest BCUT2D eigenvalue weighted by Gasteiger charge is -2.48. The number of Topliss-reactive ketones (excluding diaryl/α,β-unsaturated/α-hetero) is 1. The molecule has 174 valence electrons. The van der Waals surface area contributed by atoms with Gasteiger partial charge in [0.05, 0.1) is 0 Å². The van der Waals surface area contributed by atoms with Gasteiger partial charge in [0.1, 0.15) is 29.8 Å². The van der Waals surface area contributed by atoms with Gasteiger partial charge in [-0.25, -0.2) is 4.79 Å². The molecule has 1 aromatic rings. The number of aryl methyl sites for hydroxylation is 1. The number of carbonyl (C=O) groups excluding carboxylic acids is 2. The van der Waals surface area contributed by atoms with E-state index < -0.39 is 36.7 Å². The monoisotopic (exact) mass is 446 g/mol. The smallest absolute Gasteiger partial charge is 0.343 e. The number of hydrogen-bond donors (Lipinski definition) is 4. The maximum absolute atomic E-state index is 12.5. The van der Waals surface area contributed by atoms with Crippen molar-refractivity contribution < 1.29 is 39.5 Å². The zero-order valence-electron chi connectivity index (χ0n) is 18.0. The first-order chi connectivity index (χ1) is 15.2. The highest BCUT2D eigenvalue weighted by atomic mass is 16.7. The highest BCUT2D eigenvalue weighted by molar-refractivity contribution is 5.87. The van der Waals surface area contributed by atoms with E-state index in [4.69, 9.17) is 9.47 Å². The highest BCUT2D eigenvalue weighted by Crippen LogP contribution is 2.59. The fourth-order valence-electron chi connectivity index (χ4n) is 6.62. The molecule has 9 unspecified atom stereocenters. The van der Waals surface area contributed by atoms with Crippen LogP contribution in [0, 0.1) is 17.3 Å². The maximum Gasteiger partial charge on any atom is 0.343 e. The number of benzene rings is 1. The van der Waals surface area contributed by atoms with E-state index in [1.165, 1.54) is 5.56 Å². The van der Waals surface area contributed by atoms with Crippen LogP contribution in [0.15, 0.2) is 18.2 Å². The number of carbonyl (C=O) groups is 2. The second kappa shape index (κ2) is 7.88. The summed E-state index contributed by atoms with van der Waals surface area (Å²) in [5.41, 5.74) is 2.20. The lowest BCUT2D eigenvalue weighted by molar-refractivity contribution is -0.279. The highest BCUT2D eigenvalue weighted by Gasteiger charge is 2.54. The number of aliphatic hydroxyl groups is 4. The van der Waals surface area contributed by atoms with Crippen molar-refractivity contribution in [2.75, 3.05) is 0 Å². The van der Waals surface area contributed by atoms with Gasteiger partial charge in [-0.15, -0.1) is 0 Å². The third-order valence-corrected chi connectivity index (χ3v) is 8.45. The molecule has 4 aliphatic rings. The molecular weight excluding hydrogens is 416 g/mol. The number of rotatable bonds is 2. The zero-order valence-corrected chi connectivity index (χ0v) is 18.0. The molecular formula is C24H30O8. The minimum Gasteiger partial charge on any atom is -0.425 e. The van der Waals surface area contributed by atoms with Crippen LogP contribution in [0.1, 0.15) is 56.1 Å². The van der Waals surface area contributed by atoms with Gasteiger partial charge < -0.3 is 29.9 Å². The summed E-state index contributed by atoms with van der Waals surface area (Å²) < 4.78 is 10.3. The lowest BCUT2D eigenvalue weighted by atomic mass is 9.55. The summed E-state index contributed by atoms with van der Waals surface area (Å²) in [5.74, 6) is 1.12. The summed E-state index contributed by atoms with van der Waals surface area (Å²) in [4.78, 5) is 25.0. The summed E-state index contributed by atoms with van der Waals surface area (Å²) in [7, 11) is 0. The van der Waals surface area contributed by atoms with Crippen LogP contribution < -0.4 is 4.74 Å². The Morgan fingerprint density at radius 2 is 1.84 bits per heavy atom. The number of ketones is 1. The van der Waals surface area contributed by atoms with E-state index in [9.17, 15) is 30.0 Å². The fourth-order valence-corrected chi connectivity index (χ4v) is 6.62. The quantitative estimate of drug-likeness (QED) is 0.388. The largest absolute Gasteiger partial charge is 0.425 e. The summed E-state index contributed by atoms with van der Waals surface area (Å²) in [6.45, 7) is 2.15. The van der Waals surface area contributed by atoms with Crippen LogP contribution in [0.3, 0.4) is 0 Å². The van der Waals surface area contributed by atoms with Gasteiger partial charge in [-0.05, 0) is 73.1 Å². The SMILES string of the molecule is CC12CCC3c4ccc(OC(=O)C5OC(O)C(O)C(O)C5O)cc4CCC3C1CCC2=O. The van der Waals surface area contributed by atoms with Crippen LogP contribution in [0.5, 0.6) is 5.75 Å². The molecule has 0 spiro atoms. The minimum atomic E-state index is -1.80. The van der Waals surface area contributed by atoms with E-state index in [1.807, 2.05) is 12.1 Å². The number of hydrogen-bond acceptors (Lipinski definition) is 8. The molecule has 0 amide bonds. The summed E-state index contributed by atoms with van der Waals surface area (Å²) >= 11 is 0. The van der Waals surface area contributed by atoms with Crippen LogP contribution in [-0.2, 0) is 20.7 Å². The Morgan fingerprint density at radius 3 is 2.62 bits per heavy atom. The van der Waals surface area contributed by atoms with Crippen molar-refractivity contribution in [3.8, 4) is 5.75 Å². The van der Waals surface area contributed by atoms with Gasteiger partial charge >= 0.3 is 5.97 Å². The summed E-state index contributed by atoms with van der Waals surface area (Å²) in [5, 5.41) is 39.1. The number of aliphatic hydroxyl groups excluding tert-OH is 4. The zero-order chi connectivity index (χ0) is 22.8. The van der Waals surface area contributed by atoms with Crippen LogP contribution in [0.2, 0.25) is 0 Å². The molecule has 1 aromatic carbocycles. The molecule has 0 radical (unpaired) electrons. The standard InChI is InChI=1S/C24H30O8/c1-24-9-8-14-13-5-3-12(10-11(13)2-4-15(14)16(24)6-7-17(24)25)31-23(30)21-19(27)18(26)20(28)22(29)32-21/h3,5,10,14-16,18-22,26-29H,2,4,6-9H2,1H3. The van der Waals surface area contributed by atoms with Gasteiger partial charge in [0, 0.05) is 11.8 Å². The Kier molecular flexibility index (Phi) is 5.41. The molecule has 1 saturated heterocycles. The molecule has 4 N–H and O–H groups in total. The van der Waals surface area contributed by atoms with Crippen molar-refractivity contribution in [2.24, 2.45) is 17.3 Å². The van der Waals surface area contributed by atoms with E-state index in [2.05, 4.69) is 6.92 Å². The molecule has 1 aliphatic heterocycles. The van der Waals surface area contributed by atoms with Crippen LogP contribution in [0.4, 0.5) is 0 Å². The van der Waals surface area contributed by atoms with Gasteiger partial charge in [0.25, 0.3) is 0 Å². The molecule has 1 heterocycles. The Balaban J connectivity index is 1.32. The maximum atomic E-state index is 12.5. The molecule has 8 nitrogen and oxygen atoms in total. The van der Waals surface area contributed by atoms with E-state index in [0.717, 1.165) is 37.7 Å². The van der Waals surface area contributed by atoms with Crippen molar-refractivity contribution in [3.63, 3.8) is 0 Å². The average molecular weight is 446 g/mol. The Hall–Kier alpha value is -1.84. The minimum absolute atomic E-state index is 0.169. The third kappa shape index (κ3) is 3.31. The predicted molar refractivity (Wildman–Crippen MR) is 111 cm³/mol. The van der Waals surface area contributed by atoms with Gasteiger partial charge in [-0.2, -0.15) is 0 Å². The van der Waals surface area contributed by atoms with Crippen molar-refractivity contribution in [1.82, 2.24) is 0 Å². The van der Waals surface area contributed by atoms with Crippen molar-refractivity contribution in [2.45, 2.75) is 82.1 Å². The number of ether oxygens (including phenoxy) is 2. The first-order valence-electron chi connectivity index (χ1n) is 11.5.